The molecule has 27 heavy (non-hydrogen) atoms. The van der Waals surface area contributed by atoms with Crippen molar-refractivity contribution < 1.29 is 18.4 Å². The average molecular weight is 425 g/mol. The molecule has 1 aromatic rings. The van der Waals surface area contributed by atoms with Gasteiger partial charge in [0.05, 0.1) is 18.5 Å². The van der Waals surface area contributed by atoms with Crippen molar-refractivity contribution in [1.82, 2.24) is 15.2 Å². The molecule has 152 valence electrons. The third-order valence-corrected chi connectivity index (χ3v) is 4.67. The smallest absolute Gasteiger partial charge is 0.262 e. The number of halogens is 4. The van der Waals surface area contributed by atoms with Crippen molar-refractivity contribution >= 4 is 42.4 Å². The quantitative estimate of drug-likeness (QED) is 0.780. The summed E-state index contributed by atoms with van der Waals surface area (Å²) in [6.07, 6.45) is 2.52. The molecule has 1 aromatic heterocycles. The molecule has 2 atom stereocenters. The monoisotopic (exact) mass is 424 g/mol. The number of likely N-dealkylation sites (tertiary alicyclic amines) is 1. The summed E-state index contributed by atoms with van der Waals surface area (Å²) < 4.78 is 26.6. The molecule has 2 aliphatic rings. The van der Waals surface area contributed by atoms with Crippen LogP contribution in [0.4, 0.5) is 14.6 Å². The first-order valence-electron chi connectivity index (χ1n) is 8.47. The average Bonchev–Trinajstić information content (AvgIpc) is 2.96. The van der Waals surface area contributed by atoms with Gasteiger partial charge in [-0.2, -0.15) is 0 Å². The first-order valence-corrected chi connectivity index (χ1v) is 8.47. The minimum Gasteiger partial charge on any atom is -0.341 e. The SMILES string of the molecule is Cc1ccc(NC(=O)C2CCCN(C(=O)C3CC(F)(F)CN3)C2)nc1.Cl.Cl. The molecule has 10 heteroatoms. The van der Waals surface area contributed by atoms with Crippen LogP contribution >= 0.6 is 24.8 Å². The Bertz CT molecular complexity index is 661. The first kappa shape index (κ1) is 23.5. The van der Waals surface area contributed by atoms with E-state index < -0.39 is 24.9 Å². The molecule has 0 bridgehead atoms. The Kier molecular flexibility index (Phi) is 8.38. The molecular formula is C17H24Cl2F2N4O2. The van der Waals surface area contributed by atoms with E-state index in [1.54, 1.807) is 12.3 Å². The number of anilines is 1. The second-order valence-electron chi connectivity index (χ2n) is 6.83. The summed E-state index contributed by atoms with van der Waals surface area (Å²) >= 11 is 0. The van der Waals surface area contributed by atoms with Crippen LogP contribution in [0.5, 0.6) is 0 Å². The molecule has 6 nitrogen and oxygen atoms in total. The zero-order chi connectivity index (χ0) is 18.0. The fourth-order valence-corrected chi connectivity index (χ4v) is 3.27. The zero-order valence-electron chi connectivity index (χ0n) is 14.9. The van der Waals surface area contributed by atoms with Gasteiger partial charge in [0, 0.05) is 25.7 Å². The Morgan fingerprint density at radius 3 is 2.67 bits per heavy atom. The molecule has 2 N–H and O–H groups in total. The van der Waals surface area contributed by atoms with Crippen molar-refractivity contribution in [3.8, 4) is 0 Å². The number of aromatic nitrogens is 1. The third kappa shape index (κ3) is 5.99. The number of aryl methyl sites for hydroxylation is 1. The fraction of sp³-hybridized carbons (Fsp3) is 0.588. The fourth-order valence-electron chi connectivity index (χ4n) is 3.27. The van der Waals surface area contributed by atoms with E-state index in [4.69, 9.17) is 0 Å². The maximum absolute atomic E-state index is 13.3. The first-order chi connectivity index (χ1) is 11.8. The van der Waals surface area contributed by atoms with Gasteiger partial charge in [-0.05, 0) is 31.4 Å². The summed E-state index contributed by atoms with van der Waals surface area (Å²) in [5.74, 6) is -3.27. The van der Waals surface area contributed by atoms with Crippen LogP contribution in [0, 0.1) is 12.8 Å². The number of amides is 2. The van der Waals surface area contributed by atoms with E-state index in [2.05, 4.69) is 15.6 Å². The van der Waals surface area contributed by atoms with Crippen LogP contribution in [0.3, 0.4) is 0 Å². The number of nitrogens with one attached hydrogen (secondary N) is 2. The molecule has 3 heterocycles. The van der Waals surface area contributed by atoms with Crippen LogP contribution in [0.25, 0.3) is 0 Å². The van der Waals surface area contributed by atoms with Gasteiger partial charge in [0.15, 0.2) is 0 Å². The van der Waals surface area contributed by atoms with Crippen LogP contribution in [0.1, 0.15) is 24.8 Å². The maximum atomic E-state index is 13.3. The summed E-state index contributed by atoms with van der Waals surface area (Å²) in [4.78, 5) is 30.5. The maximum Gasteiger partial charge on any atom is 0.262 e. The lowest BCUT2D eigenvalue weighted by Crippen LogP contribution is -2.49. The normalized spacial score (nSPS) is 23.7. The minimum atomic E-state index is -2.84. The topological polar surface area (TPSA) is 74.3 Å². The van der Waals surface area contributed by atoms with Crippen LogP contribution in [0.15, 0.2) is 18.3 Å². The van der Waals surface area contributed by atoms with E-state index in [0.717, 1.165) is 5.56 Å². The van der Waals surface area contributed by atoms with Gasteiger partial charge >= 0.3 is 0 Å². The molecule has 2 amide bonds. The second-order valence-corrected chi connectivity index (χ2v) is 6.83. The van der Waals surface area contributed by atoms with E-state index in [1.165, 1.54) is 4.90 Å². The Balaban J connectivity index is 0.00000182. The highest BCUT2D eigenvalue weighted by Gasteiger charge is 2.44. The minimum absolute atomic E-state index is 0. The predicted octanol–water partition coefficient (Wildman–Crippen LogP) is 2.41. The summed E-state index contributed by atoms with van der Waals surface area (Å²) in [5.41, 5.74) is 0.994. The van der Waals surface area contributed by atoms with E-state index in [-0.39, 0.29) is 49.1 Å². The lowest BCUT2D eigenvalue weighted by Gasteiger charge is -2.33. The molecule has 0 radical (unpaired) electrons. The Morgan fingerprint density at radius 2 is 2.07 bits per heavy atom. The number of alkyl halides is 2. The molecule has 2 saturated heterocycles. The summed E-state index contributed by atoms with van der Waals surface area (Å²) in [6.45, 7) is 2.18. The van der Waals surface area contributed by atoms with Crippen LogP contribution < -0.4 is 10.6 Å². The molecule has 0 aromatic carbocycles. The molecule has 0 aliphatic carbocycles. The van der Waals surface area contributed by atoms with Gasteiger partial charge in [-0.1, -0.05) is 6.07 Å². The Labute approximate surface area is 169 Å². The van der Waals surface area contributed by atoms with Gasteiger partial charge in [-0.15, -0.1) is 24.8 Å². The van der Waals surface area contributed by atoms with Crippen molar-refractivity contribution in [3.05, 3.63) is 23.9 Å². The number of nitrogens with zero attached hydrogens (tertiary/aromatic N) is 2. The van der Waals surface area contributed by atoms with Gasteiger partial charge in [-0.25, -0.2) is 13.8 Å². The van der Waals surface area contributed by atoms with Gasteiger partial charge in [-0.3, -0.25) is 14.9 Å². The second kappa shape index (κ2) is 9.61. The van der Waals surface area contributed by atoms with E-state index in [1.807, 2.05) is 13.0 Å². The van der Waals surface area contributed by atoms with Gasteiger partial charge in [0.25, 0.3) is 5.92 Å². The highest BCUT2D eigenvalue weighted by atomic mass is 35.5. The molecule has 0 saturated carbocycles. The molecule has 2 fully saturated rings. The van der Waals surface area contributed by atoms with Crippen molar-refractivity contribution in [2.45, 2.75) is 38.2 Å². The summed E-state index contributed by atoms with van der Waals surface area (Å²) in [7, 11) is 0. The number of hydrogen-bond acceptors (Lipinski definition) is 4. The van der Waals surface area contributed by atoms with Crippen LogP contribution in [-0.2, 0) is 9.59 Å². The Hall–Kier alpha value is -1.51. The highest BCUT2D eigenvalue weighted by molar-refractivity contribution is 5.92. The molecule has 2 aliphatic heterocycles. The number of carbonyl (C=O) groups excluding carboxylic acids is 2. The molecule has 2 unspecified atom stereocenters. The largest absolute Gasteiger partial charge is 0.341 e. The van der Waals surface area contributed by atoms with E-state index in [0.29, 0.717) is 25.2 Å². The zero-order valence-corrected chi connectivity index (χ0v) is 16.5. The number of carbonyl (C=O) groups is 2. The van der Waals surface area contributed by atoms with Crippen molar-refractivity contribution in [2.24, 2.45) is 5.92 Å². The Morgan fingerprint density at radius 1 is 1.33 bits per heavy atom. The van der Waals surface area contributed by atoms with Crippen molar-refractivity contribution in [3.63, 3.8) is 0 Å². The lowest BCUT2D eigenvalue weighted by molar-refractivity contribution is -0.136. The third-order valence-electron chi connectivity index (χ3n) is 4.67. The van der Waals surface area contributed by atoms with Crippen molar-refractivity contribution in [2.75, 3.05) is 25.0 Å². The molecule has 0 spiro atoms. The highest BCUT2D eigenvalue weighted by Crippen LogP contribution is 2.27. The van der Waals surface area contributed by atoms with E-state index >= 15 is 0 Å². The number of hydrogen-bond donors (Lipinski definition) is 2. The lowest BCUT2D eigenvalue weighted by atomic mass is 9.96. The summed E-state index contributed by atoms with van der Waals surface area (Å²) in [6, 6.07) is 2.71. The number of piperidine rings is 1. The number of rotatable bonds is 3. The predicted molar refractivity (Wildman–Crippen MR) is 103 cm³/mol. The van der Waals surface area contributed by atoms with Crippen molar-refractivity contribution in [1.29, 1.82) is 0 Å². The van der Waals surface area contributed by atoms with Gasteiger partial charge in [0.2, 0.25) is 11.8 Å². The van der Waals surface area contributed by atoms with Gasteiger partial charge < -0.3 is 10.2 Å². The number of pyridine rings is 1. The van der Waals surface area contributed by atoms with Gasteiger partial charge in [0.1, 0.15) is 5.82 Å². The molecule has 3 rings (SSSR count). The standard InChI is InChI=1S/C17H22F2N4O2.2ClH/c1-11-4-5-14(20-8-11)22-15(24)12-3-2-6-23(9-12)16(25)13-7-17(18,19)10-21-13;;/h4-5,8,12-13,21H,2-3,6-7,9-10H2,1H3,(H,20,22,24);2*1H. The van der Waals surface area contributed by atoms with E-state index in [9.17, 15) is 18.4 Å². The summed E-state index contributed by atoms with van der Waals surface area (Å²) in [5, 5.41) is 5.34. The van der Waals surface area contributed by atoms with Crippen LogP contribution in [-0.4, -0.2) is 53.3 Å². The van der Waals surface area contributed by atoms with Crippen LogP contribution in [0.2, 0.25) is 0 Å². The molecular weight excluding hydrogens is 401 g/mol.